The first-order valence-electron chi connectivity index (χ1n) is 9.37. The fraction of sp³-hybridized carbons (Fsp3) is 0.450. The van der Waals surface area contributed by atoms with Gasteiger partial charge in [0, 0.05) is 37.7 Å². The van der Waals surface area contributed by atoms with E-state index in [1.165, 1.54) is 12.1 Å². The number of rotatable bonds is 2. The van der Waals surface area contributed by atoms with Gasteiger partial charge in [-0.25, -0.2) is 9.37 Å². The van der Waals surface area contributed by atoms with Crippen molar-refractivity contribution in [3.05, 3.63) is 63.1 Å². The highest BCUT2D eigenvalue weighted by Crippen LogP contribution is 2.27. The summed E-state index contributed by atoms with van der Waals surface area (Å²) in [5.41, 5.74) is 1.74. The second-order valence-corrected chi connectivity index (χ2v) is 7.41. The molecule has 2 aromatic rings. The molecule has 0 atom stereocenters. The molecular weight excluding hydrogens is 347 g/mol. The minimum Gasteiger partial charge on any atom is -0.339 e. The van der Waals surface area contributed by atoms with Crippen molar-refractivity contribution in [2.75, 3.05) is 26.7 Å². The molecule has 2 aliphatic rings. The molecule has 27 heavy (non-hydrogen) atoms. The Kier molecular flexibility index (Phi) is 4.78. The molecule has 3 heterocycles. The number of amides is 1. The minimum atomic E-state index is -0.491. The molecule has 0 unspecified atom stereocenters. The zero-order valence-electron chi connectivity index (χ0n) is 15.4. The molecule has 0 radical (unpaired) electrons. The molecule has 1 saturated heterocycles. The summed E-state index contributed by atoms with van der Waals surface area (Å²) < 4.78 is 13.9. The molecule has 0 aliphatic carbocycles. The topological polar surface area (TPSA) is 69.3 Å². The standard InChI is InChI=1S/C20H23FN4O2/c1-24-9-8-15-17(12-24)22-18(23-19(15)26)13-6-10-25(11-7-13)20(27)14-4-2-3-5-16(14)21/h2-5,13H,6-12H2,1H3,(H,22,23,26). The third-order valence-corrected chi connectivity index (χ3v) is 5.56. The van der Waals surface area contributed by atoms with Crippen LogP contribution in [0.1, 0.15) is 46.2 Å². The third-order valence-electron chi connectivity index (χ3n) is 5.56. The number of carbonyl (C=O) groups excluding carboxylic acids is 1. The van der Waals surface area contributed by atoms with Crippen LogP contribution < -0.4 is 5.56 Å². The van der Waals surface area contributed by atoms with Crippen molar-refractivity contribution >= 4 is 5.91 Å². The fourth-order valence-electron chi connectivity index (χ4n) is 3.94. The highest BCUT2D eigenvalue weighted by molar-refractivity contribution is 5.94. The van der Waals surface area contributed by atoms with Crippen LogP contribution in [0.25, 0.3) is 0 Å². The lowest BCUT2D eigenvalue weighted by Crippen LogP contribution is -2.39. The molecule has 4 rings (SSSR count). The van der Waals surface area contributed by atoms with Crippen LogP contribution in [0.5, 0.6) is 0 Å². The van der Waals surface area contributed by atoms with Gasteiger partial charge >= 0.3 is 0 Å². The largest absolute Gasteiger partial charge is 0.339 e. The quantitative estimate of drug-likeness (QED) is 0.877. The summed E-state index contributed by atoms with van der Waals surface area (Å²) in [5, 5.41) is 0. The number of nitrogens with zero attached hydrogens (tertiary/aromatic N) is 3. The Morgan fingerprint density at radius 1 is 1.22 bits per heavy atom. The number of aromatic amines is 1. The second kappa shape index (κ2) is 7.23. The average Bonchev–Trinajstić information content (AvgIpc) is 2.67. The summed E-state index contributed by atoms with van der Waals surface area (Å²) in [7, 11) is 2.03. The van der Waals surface area contributed by atoms with Gasteiger partial charge in [0.15, 0.2) is 0 Å². The molecule has 0 bridgehead atoms. The van der Waals surface area contributed by atoms with Gasteiger partial charge in [0.2, 0.25) is 0 Å². The predicted molar refractivity (Wildman–Crippen MR) is 99.2 cm³/mol. The molecular formula is C20H23FN4O2. The van der Waals surface area contributed by atoms with Crippen LogP contribution in [0.3, 0.4) is 0 Å². The zero-order chi connectivity index (χ0) is 19.0. The van der Waals surface area contributed by atoms with Gasteiger partial charge in [0.25, 0.3) is 11.5 Å². The molecule has 0 spiro atoms. The van der Waals surface area contributed by atoms with Gasteiger partial charge < -0.3 is 14.8 Å². The van der Waals surface area contributed by atoms with Gasteiger partial charge in [-0.2, -0.15) is 0 Å². The number of likely N-dealkylation sites (N-methyl/N-ethyl adjacent to an activating group) is 1. The number of fused-ring (bicyclic) bond motifs is 1. The van der Waals surface area contributed by atoms with E-state index in [-0.39, 0.29) is 22.9 Å². The summed E-state index contributed by atoms with van der Waals surface area (Å²) >= 11 is 0. The fourth-order valence-corrected chi connectivity index (χ4v) is 3.94. The van der Waals surface area contributed by atoms with E-state index in [0.717, 1.165) is 24.2 Å². The van der Waals surface area contributed by atoms with Crippen molar-refractivity contribution in [1.29, 1.82) is 0 Å². The van der Waals surface area contributed by atoms with Crippen LogP contribution in [0.15, 0.2) is 29.1 Å². The Balaban J connectivity index is 1.48. The Morgan fingerprint density at radius 2 is 1.96 bits per heavy atom. The van der Waals surface area contributed by atoms with Gasteiger partial charge in [-0.05, 0) is 38.4 Å². The zero-order valence-corrected chi connectivity index (χ0v) is 15.4. The van der Waals surface area contributed by atoms with Crippen LogP contribution in [0, 0.1) is 5.82 Å². The molecule has 1 N–H and O–H groups in total. The maximum atomic E-state index is 13.9. The van der Waals surface area contributed by atoms with Crippen molar-refractivity contribution in [1.82, 2.24) is 19.8 Å². The van der Waals surface area contributed by atoms with Crippen molar-refractivity contribution in [3.8, 4) is 0 Å². The van der Waals surface area contributed by atoms with Crippen LogP contribution in [0.4, 0.5) is 4.39 Å². The van der Waals surface area contributed by atoms with Crippen LogP contribution in [-0.2, 0) is 13.0 Å². The number of carbonyl (C=O) groups is 1. The van der Waals surface area contributed by atoms with E-state index in [0.29, 0.717) is 38.3 Å². The maximum Gasteiger partial charge on any atom is 0.256 e. The molecule has 142 valence electrons. The number of aromatic nitrogens is 2. The first kappa shape index (κ1) is 17.9. The van der Waals surface area contributed by atoms with Crippen LogP contribution in [-0.4, -0.2) is 52.4 Å². The van der Waals surface area contributed by atoms with E-state index in [9.17, 15) is 14.0 Å². The lowest BCUT2D eigenvalue weighted by Gasteiger charge is -2.32. The van der Waals surface area contributed by atoms with Gasteiger partial charge in [0.1, 0.15) is 11.6 Å². The molecule has 2 aliphatic heterocycles. The Labute approximate surface area is 157 Å². The Hall–Kier alpha value is -2.54. The monoisotopic (exact) mass is 370 g/mol. The lowest BCUT2D eigenvalue weighted by molar-refractivity contribution is 0.0706. The van der Waals surface area contributed by atoms with Gasteiger partial charge in [-0.3, -0.25) is 9.59 Å². The summed E-state index contributed by atoms with van der Waals surface area (Å²) in [6.45, 7) is 2.61. The van der Waals surface area contributed by atoms with Crippen molar-refractivity contribution in [2.24, 2.45) is 0 Å². The molecule has 7 heteroatoms. The van der Waals surface area contributed by atoms with E-state index in [2.05, 4.69) is 9.88 Å². The first-order valence-corrected chi connectivity index (χ1v) is 9.37. The number of H-pyrrole nitrogens is 1. The molecule has 1 amide bonds. The van der Waals surface area contributed by atoms with E-state index >= 15 is 0 Å². The van der Waals surface area contributed by atoms with Crippen molar-refractivity contribution in [2.45, 2.75) is 31.7 Å². The predicted octanol–water partition coefficient (Wildman–Crippen LogP) is 1.92. The number of nitrogens with one attached hydrogen (secondary N) is 1. The first-order chi connectivity index (χ1) is 13.0. The van der Waals surface area contributed by atoms with E-state index in [1.807, 2.05) is 7.05 Å². The van der Waals surface area contributed by atoms with Crippen molar-refractivity contribution in [3.63, 3.8) is 0 Å². The number of hydrogen-bond acceptors (Lipinski definition) is 4. The normalized spacial score (nSPS) is 18.4. The lowest BCUT2D eigenvalue weighted by atomic mass is 9.94. The Morgan fingerprint density at radius 3 is 2.70 bits per heavy atom. The smallest absolute Gasteiger partial charge is 0.256 e. The van der Waals surface area contributed by atoms with E-state index < -0.39 is 5.82 Å². The molecule has 1 fully saturated rings. The molecule has 6 nitrogen and oxygen atoms in total. The van der Waals surface area contributed by atoms with Crippen LogP contribution >= 0.6 is 0 Å². The number of benzene rings is 1. The van der Waals surface area contributed by atoms with E-state index in [1.54, 1.807) is 17.0 Å². The second-order valence-electron chi connectivity index (χ2n) is 7.41. The van der Waals surface area contributed by atoms with Gasteiger partial charge in [-0.1, -0.05) is 12.1 Å². The highest BCUT2D eigenvalue weighted by Gasteiger charge is 2.28. The summed E-state index contributed by atoms with van der Waals surface area (Å²) in [6, 6.07) is 6.07. The SMILES string of the molecule is CN1CCc2c(nc(C3CCN(C(=O)c4ccccc4F)CC3)[nH]c2=O)C1. The summed E-state index contributed by atoms with van der Waals surface area (Å²) in [6.07, 6.45) is 2.14. The maximum absolute atomic E-state index is 13.9. The average molecular weight is 370 g/mol. The van der Waals surface area contributed by atoms with E-state index in [4.69, 9.17) is 4.98 Å². The molecule has 0 saturated carbocycles. The van der Waals surface area contributed by atoms with Gasteiger partial charge in [-0.15, -0.1) is 0 Å². The van der Waals surface area contributed by atoms with Crippen molar-refractivity contribution < 1.29 is 9.18 Å². The highest BCUT2D eigenvalue weighted by atomic mass is 19.1. The summed E-state index contributed by atoms with van der Waals surface area (Å²) in [4.78, 5) is 36.5. The number of piperidine rings is 1. The van der Waals surface area contributed by atoms with Crippen LogP contribution in [0.2, 0.25) is 0 Å². The number of halogens is 1. The number of hydrogen-bond donors (Lipinski definition) is 1. The third kappa shape index (κ3) is 3.51. The molecule has 1 aromatic carbocycles. The number of likely N-dealkylation sites (tertiary alicyclic amines) is 1. The summed E-state index contributed by atoms with van der Waals surface area (Å²) in [5.74, 6) is 0.0569. The Bertz CT molecular complexity index is 918. The van der Waals surface area contributed by atoms with Gasteiger partial charge in [0.05, 0.1) is 11.3 Å². The minimum absolute atomic E-state index is 0.0343. The molecule has 1 aromatic heterocycles.